The Balaban J connectivity index is 3.66. The van der Waals surface area contributed by atoms with Crippen LogP contribution in [0, 0.1) is 0 Å². The molecule has 12 nitrogen and oxygen atoms in total. The summed E-state index contributed by atoms with van der Waals surface area (Å²) in [4.78, 5) is 70.1. The van der Waals surface area contributed by atoms with Crippen LogP contribution in [-0.2, 0) is 57.2 Å². The summed E-state index contributed by atoms with van der Waals surface area (Å²) in [6, 6.07) is 0. The number of ether oxygens (including phenoxy) is 6. The molecule has 0 amide bonds. The maximum atomic E-state index is 11.7. The Morgan fingerprint density at radius 1 is 0.333 bits per heavy atom. The Morgan fingerprint density at radius 3 is 0.500 bits per heavy atom. The van der Waals surface area contributed by atoms with Crippen LogP contribution in [0.3, 0.4) is 0 Å². The highest BCUT2D eigenvalue weighted by Gasteiger charge is 2.60. The summed E-state index contributed by atoms with van der Waals surface area (Å²) in [6.45, 7) is 6.22. The Bertz CT molecular complexity index is 547. The molecule has 1 saturated carbocycles. The topological polar surface area (TPSA) is 158 Å². The van der Waals surface area contributed by atoms with Gasteiger partial charge in [0.15, 0.2) is 36.6 Å². The Morgan fingerprint density at radius 2 is 0.433 bits per heavy atom. The largest absolute Gasteiger partial charge is 0.454 e. The van der Waals surface area contributed by atoms with E-state index in [1.807, 2.05) is 0 Å². The second-order valence-electron chi connectivity index (χ2n) is 6.44. The highest BCUT2D eigenvalue weighted by molar-refractivity contribution is 5.71. The van der Waals surface area contributed by atoms with Gasteiger partial charge in [0.05, 0.1) is 0 Å². The van der Waals surface area contributed by atoms with Crippen LogP contribution >= 0.6 is 0 Å². The van der Waals surface area contributed by atoms with Crippen LogP contribution < -0.4 is 0 Å². The van der Waals surface area contributed by atoms with Gasteiger partial charge in [-0.05, 0) is 0 Å². The molecule has 1 aliphatic carbocycles. The van der Waals surface area contributed by atoms with E-state index in [4.69, 9.17) is 28.4 Å². The molecule has 1 fully saturated rings. The zero-order valence-corrected chi connectivity index (χ0v) is 17.4. The molecule has 0 unspecified atom stereocenters. The Kier molecular flexibility index (Phi) is 8.75. The molecule has 12 heteroatoms. The molecule has 0 aromatic heterocycles. The lowest BCUT2D eigenvalue weighted by Crippen LogP contribution is -2.68. The molecule has 0 bridgehead atoms. The summed E-state index contributed by atoms with van der Waals surface area (Å²) < 4.78 is 31.1. The Hall–Kier alpha value is -3.18. The summed E-state index contributed by atoms with van der Waals surface area (Å²) in [7, 11) is 0. The van der Waals surface area contributed by atoms with Crippen molar-refractivity contribution in [2.75, 3.05) is 0 Å². The normalized spacial score (nSPS) is 27.8. The van der Waals surface area contributed by atoms with Gasteiger partial charge < -0.3 is 28.4 Å². The van der Waals surface area contributed by atoms with E-state index in [9.17, 15) is 28.8 Å². The van der Waals surface area contributed by atoms with E-state index in [2.05, 4.69) is 0 Å². The number of carbonyl (C=O) groups is 6. The Labute approximate surface area is 172 Å². The fraction of sp³-hybridized carbons (Fsp3) is 0.667. The zero-order chi connectivity index (χ0) is 23.2. The molecular formula is C18H24O12. The molecule has 168 valence electrons. The van der Waals surface area contributed by atoms with E-state index in [1.54, 1.807) is 0 Å². The van der Waals surface area contributed by atoms with Crippen molar-refractivity contribution >= 4 is 35.8 Å². The van der Waals surface area contributed by atoms with Crippen molar-refractivity contribution in [3.05, 3.63) is 0 Å². The maximum absolute atomic E-state index is 11.7. The van der Waals surface area contributed by atoms with Gasteiger partial charge in [0.2, 0.25) is 0 Å². The van der Waals surface area contributed by atoms with Crippen molar-refractivity contribution in [1.29, 1.82) is 0 Å². The number of hydrogen-bond acceptors (Lipinski definition) is 12. The molecule has 0 aromatic carbocycles. The van der Waals surface area contributed by atoms with Crippen LogP contribution in [0.5, 0.6) is 0 Å². The molecule has 1 aliphatic rings. The second kappa shape index (κ2) is 10.6. The molecule has 0 heterocycles. The van der Waals surface area contributed by atoms with E-state index in [0.29, 0.717) is 0 Å². The third-order valence-electron chi connectivity index (χ3n) is 3.76. The van der Waals surface area contributed by atoms with Crippen molar-refractivity contribution in [2.24, 2.45) is 0 Å². The summed E-state index contributed by atoms with van der Waals surface area (Å²) in [5, 5.41) is 0. The standard InChI is InChI=1S/C18H24O12/c1-7(19)25-13-14(26-8(2)20)16(28-10(4)22)18(30-12(6)24)17(29-11(5)23)15(13)27-9(3)21/h13-18H,1-6H3/t13-,14-,15-,16-,17+,18+/m0/s1. The lowest BCUT2D eigenvalue weighted by molar-refractivity contribution is -0.259. The third-order valence-corrected chi connectivity index (χ3v) is 3.76. The molecule has 0 N–H and O–H groups in total. The molecule has 0 radical (unpaired) electrons. The fourth-order valence-electron chi connectivity index (χ4n) is 3.08. The van der Waals surface area contributed by atoms with E-state index in [-0.39, 0.29) is 0 Å². The van der Waals surface area contributed by atoms with Gasteiger partial charge in [0, 0.05) is 41.5 Å². The van der Waals surface area contributed by atoms with E-state index >= 15 is 0 Å². The van der Waals surface area contributed by atoms with Crippen molar-refractivity contribution in [1.82, 2.24) is 0 Å². The van der Waals surface area contributed by atoms with Gasteiger partial charge in [-0.2, -0.15) is 0 Å². The van der Waals surface area contributed by atoms with Crippen molar-refractivity contribution < 1.29 is 57.2 Å². The van der Waals surface area contributed by atoms with Gasteiger partial charge in [-0.25, -0.2) is 0 Å². The highest BCUT2D eigenvalue weighted by atomic mass is 16.7. The summed E-state index contributed by atoms with van der Waals surface area (Å²) >= 11 is 0. The minimum Gasteiger partial charge on any atom is -0.454 e. The van der Waals surface area contributed by atoms with Gasteiger partial charge in [0.25, 0.3) is 0 Å². The predicted octanol–water partition coefficient (Wildman–Crippen LogP) is -0.410. The molecule has 0 atom stereocenters. The van der Waals surface area contributed by atoms with Gasteiger partial charge in [-0.1, -0.05) is 0 Å². The maximum Gasteiger partial charge on any atom is 0.303 e. The highest BCUT2D eigenvalue weighted by Crippen LogP contribution is 2.34. The van der Waals surface area contributed by atoms with E-state index in [1.165, 1.54) is 0 Å². The first-order valence-corrected chi connectivity index (χ1v) is 8.86. The number of carbonyl (C=O) groups excluding carboxylic acids is 6. The van der Waals surface area contributed by atoms with Crippen LogP contribution in [-0.4, -0.2) is 72.4 Å². The number of rotatable bonds is 6. The molecule has 1 rings (SSSR count). The van der Waals surface area contributed by atoms with Gasteiger partial charge in [-0.3, -0.25) is 28.8 Å². The first kappa shape index (κ1) is 24.9. The minimum absolute atomic E-state index is 0.858. The van der Waals surface area contributed by atoms with Crippen molar-refractivity contribution in [3.63, 3.8) is 0 Å². The molecule has 0 aliphatic heterocycles. The average molecular weight is 432 g/mol. The van der Waals surface area contributed by atoms with E-state index in [0.717, 1.165) is 41.5 Å². The van der Waals surface area contributed by atoms with Gasteiger partial charge in [-0.15, -0.1) is 0 Å². The summed E-state index contributed by atoms with van der Waals surface area (Å²) in [5.74, 6) is -5.15. The van der Waals surface area contributed by atoms with Crippen LogP contribution in [0.15, 0.2) is 0 Å². The molecular weight excluding hydrogens is 408 g/mol. The quantitative estimate of drug-likeness (QED) is 0.395. The van der Waals surface area contributed by atoms with Crippen LogP contribution in [0.1, 0.15) is 41.5 Å². The summed E-state index contributed by atoms with van der Waals surface area (Å²) in [5.41, 5.74) is 0. The number of hydrogen-bond donors (Lipinski definition) is 0. The zero-order valence-electron chi connectivity index (χ0n) is 17.4. The third kappa shape index (κ3) is 7.01. The van der Waals surface area contributed by atoms with Crippen molar-refractivity contribution in [2.45, 2.75) is 78.2 Å². The monoisotopic (exact) mass is 432 g/mol. The smallest absolute Gasteiger partial charge is 0.303 e. The first-order chi connectivity index (χ1) is 13.8. The van der Waals surface area contributed by atoms with Gasteiger partial charge in [0.1, 0.15) is 0 Å². The van der Waals surface area contributed by atoms with Crippen LogP contribution in [0.2, 0.25) is 0 Å². The molecule has 0 spiro atoms. The van der Waals surface area contributed by atoms with Crippen LogP contribution in [0.4, 0.5) is 0 Å². The lowest BCUT2D eigenvalue weighted by atomic mass is 9.83. The first-order valence-electron chi connectivity index (χ1n) is 8.86. The molecule has 0 aromatic rings. The van der Waals surface area contributed by atoms with Crippen molar-refractivity contribution in [3.8, 4) is 0 Å². The average Bonchev–Trinajstić information content (AvgIpc) is 2.55. The SMILES string of the molecule is CC(=O)O[C@H]1[C@H](OC(C)=O)[C@H](OC(C)=O)[C@@H](OC(C)=O)[C@H](OC(C)=O)[C@H]1OC(C)=O. The number of esters is 6. The lowest BCUT2D eigenvalue weighted by Gasteiger charge is -2.46. The fourth-order valence-corrected chi connectivity index (χ4v) is 3.08. The second-order valence-corrected chi connectivity index (χ2v) is 6.44. The molecule has 30 heavy (non-hydrogen) atoms. The minimum atomic E-state index is -1.55. The summed E-state index contributed by atoms with van der Waals surface area (Å²) in [6.07, 6.45) is -9.27. The van der Waals surface area contributed by atoms with E-state index < -0.39 is 72.4 Å². The molecule has 0 saturated heterocycles. The predicted molar refractivity (Wildman–Crippen MR) is 93.3 cm³/mol. The van der Waals surface area contributed by atoms with Gasteiger partial charge >= 0.3 is 35.8 Å². The van der Waals surface area contributed by atoms with Crippen LogP contribution in [0.25, 0.3) is 0 Å².